The van der Waals surface area contributed by atoms with E-state index in [0.29, 0.717) is 0 Å². The smallest absolute Gasteiger partial charge is 0.203 e. The van der Waals surface area contributed by atoms with E-state index < -0.39 is 0 Å². The third kappa shape index (κ3) is 3.47. The number of para-hydroxylation sites is 2. The van der Waals surface area contributed by atoms with Crippen LogP contribution in [0.3, 0.4) is 0 Å². The van der Waals surface area contributed by atoms with Crippen molar-refractivity contribution in [2.24, 2.45) is 0 Å². The van der Waals surface area contributed by atoms with E-state index >= 15 is 0 Å². The Morgan fingerprint density at radius 3 is 2.79 bits per heavy atom. The second-order valence-corrected chi connectivity index (χ2v) is 5.16. The van der Waals surface area contributed by atoms with Crippen molar-refractivity contribution in [3.8, 4) is 0 Å². The molecule has 0 saturated heterocycles. The van der Waals surface area contributed by atoms with Crippen molar-refractivity contribution in [1.29, 1.82) is 0 Å². The van der Waals surface area contributed by atoms with E-state index in [1.807, 2.05) is 6.07 Å². The monoisotopic (exact) mass is 260 g/mol. The van der Waals surface area contributed by atoms with Gasteiger partial charge in [-0.3, -0.25) is 0 Å². The van der Waals surface area contributed by atoms with Crippen LogP contribution >= 0.6 is 0 Å². The number of nitrogens with zero attached hydrogens (tertiary/aromatic N) is 3. The Bertz CT molecular complexity index is 516. The quantitative estimate of drug-likeness (QED) is 0.831. The summed E-state index contributed by atoms with van der Waals surface area (Å²) in [5, 5.41) is 3.45. The van der Waals surface area contributed by atoms with Crippen LogP contribution in [0.15, 0.2) is 24.3 Å². The van der Waals surface area contributed by atoms with Crippen LogP contribution in [0.2, 0.25) is 0 Å². The molecular weight excluding hydrogens is 236 g/mol. The highest BCUT2D eigenvalue weighted by molar-refractivity contribution is 5.78. The first-order chi connectivity index (χ1) is 9.22. The first kappa shape index (κ1) is 13.9. The molecule has 0 aliphatic carbocycles. The van der Waals surface area contributed by atoms with Gasteiger partial charge in [0, 0.05) is 19.6 Å². The molecule has 2 rings (SSSR count). The number of fused-ring (bicyclic) bond motifs is 1. The molecule has 0 amide bonds. The maximum Gasteiger partial charge on any atom is 0.203 e. The van der Waals surface area contributed by atoms with E-state index in [-0.39, 0.29) is 0 Å². The van der Waals surface area contributed by atoms with Crippen LogP contribution in [0.1, 0.15) is 19.8 Å². The third-order valence-electron chi connectivity index (χ3n) is 3.23. The van der Waals surface area contributed by atoms with Gasteiger partial charge in [-0.15, -0.1) is 0 Å². The van der Waals surface area contributed by atoms with Gasteiger partial charge in [-0.05, 0) is 32.6 Å². The van der Waals surface area contributed by atoms with Crippen molar-refractivity contribution in [1.82, 2.24) is 14.5 Å². The van der Waals surface area contributed by atoms with Gasteiger partial charge in [-0.2, -0.15) is 0 Å². The van der Waals surface area contributed by atoms with E-state index in [9.17, 15) is 0 Å². The standard InChI is InChI=1S/C15H24N4/c1-4-5-11-19-14-9-7-6-8-13(14)17-15(19)16-10-12-18(2)3/h6-9H,4-5,10-12H2,1-3H3,(H,16,17). The molecule has 0 bridgehead atoms. The summed E-state index contributed by atoms with van der Waals surface area (Å²) in [4.78, 5) is 6.87. The Morgan fingerprint density at radius 2 is 2.05 bits per heavy atom. The number of aromatic nitrogens is 2. The highest BCUT2D eigenvalue weighted by atomic mass is 15.2. The minimum Gasteiger partial charge on any atom is -0.354 e. The molecule has 4 heteroatoms. The van der Waals surface area contributed by atoms with Crippen LogP contribution in [0, 0.1) is 0 Å². The van der Waals surface area contributed by atoms with Gasteiger partial charge in [0.25, 0.3) is 0 Å². The SMILES string of the molecule is CCCCn1c(NCCN(C)C)nc2ccccc21. The maximum absolute atomic E-state index is 4.70. The Labute approximate surface area is 115 Å². The Hall–Kier alpha value is -1.55. The summed E-state index contributed by atoms with van der Waals surface area (Å²) >= 11 is 0. The maximum atomic E-state index is 4.70. The van der Waals surface area contributed by atoms with Gasteiger partial charge in [0.05, 0.1) is 11.0 Å². The Morgan fingerprint density at radius 1 is 1.26 bits per heavy atom. The molecule has 4 nitrogen and oxygen atoms in total. The predicted molar refractivity (Wildman–Crippen MR) is 81.7 cm³/mol. The fourth-order valence-corrected chi connectivity index (χ4v) is 2.14. The van der Waals surface area contributed by atoms with Crippen LogP contribution in [0.25, 0.3) is 11.0 Å². The largest absolute Gasteiger partial charge is 0.354 e. The molecule has 0 aliphatic heterocycles. The van der Waals surface area contributed by atoms with E-state index in [1.54, 1.807) is 0 Å². The zero-order chi connectivity index (χ0) is 13.7. The molecular formula is C15H24N4. The van der Waals surface area contributed by atoms with Crippen molar-refractivity contribution >= 4 is 17.0 Å². The lowest BCUT2D eigenvalue weighted by Gasteiger charge is -2.13. The highest BCUT2D eigenvalue weighted by Crippen LogP contribution is 2.20. The van der Waals surface area contributed by atoms with E-state index in [1.165, 1.54) is 18.4 Å². The Balaban J connectivity index is 2.19. The first-order valence-electron chi connectivity index (χ1n) is 7.06. The molecule has 0 saturated carbocycles. The van der Waals surface area contributed by atoms with Gasteiger partial charge >= 0.3 is 0 Å². The molecule has 2 aromatic rings. The van der Waals surface area contributed by atoms with Gasteiger partial charge < -0.3 is 14.8 Å². The number of nitrogens with one attached hydrogen (secondary N) is 1. The molecule has 1 heterocycles. The fraction of sp³-hybridized carbons (Fsp3) is 0.533. The molecule has 1 aromatic heterocycles. The number of rotatable bonds is 7. The predicted octanol–water partition coefficient (Wildman–Crippen LogP) is 2.81. The highest BCUT2D eigenvalue weighted by Gasteiger charge is 2.09. The van der Waals surface area contributed by atoms with Gasteiger partial charge in [0.2, 0.25) is 5.95 Å². The van der Waals surface area contributed by atoms with Gasteiger partial charge in [-0.25, -0.2) is 4.98 Å². The van der Waals surface area contributed by atoms with Crippen molar-refractivity contribution in [3.05, 3.63) is 24.3 Å². The number of imidazole rings is 1. The minimum absolute atomic E-state index is 0.919. The molecule has 1 N–H and O–H groups in total. The molecule has 0 unspecified atom stereocenters. The normalized spacial score (nSPS) is 11.4. The topological polar surface area (TPSA) is 33.1 Å². The molecule has 0 radical (unpaired) electrons. The molecule has 104 valence electrons. The van der Waals surface area contributed by atoms with Crippen LogP contribution in [0.5, 0.6) is 0 Å². The average Bonchev–Trinajstić information content (AvgIpc) is 2.74. The fourth-order valence-electron chi connectivity index (χ4n) is 2.14. The number of aryl methyl sites for hydroxylation is 1. The van der Waals surface area contributed by atoms with Gasteiger partial charge in [0.1, 0.15) is 0 Å². The molecule has 0 spiro atoms. The lowest BCUT2D eigenvalue weighted by Crippen LogP contribution is -2.22. The summed E-state index contributed by atoms with van der Waals surface area (Å²) in [7, 11) is 4.17. The molecule has 0 aliphatic rings. The van der Waals surface area contributed by atoms with Gasteiger partial charge in [0.15, 0.2) is 0 Å². The summed E-state index contributed by atoms with van der Waals surface area (Å²) in [5.74, 6) is 0.997. The summed E-state index contributed by atoms with van der Waals surface area (Å²) in [5.41, 5.74) is 2.30. The second kappa shape index (κ2) is 6.57. The van der Waals surface area contributed by atoms with Crippen molar-refractivity contribution in [3.63, 3.8) is 0 Å². The number of hydrogen-bond donors (Lipinski definition) is 1. The van der Waals surface area contributed by atoms with E-state index in [4.69, 9.17) is 4.98 Å². The first-order valence-corrected chi connectivity index (χ1v) is 7.06. The average molecular weight is 260 g/mol. The molecule has 0 atom stereocenters. The summed E-state index contributed by atoms with van der Waals surface area (Å²) in [6.45, 7) is 5.18. The van der Waals surface area contributed by atoms with Crippen LogP contribution in [-0.2, 0) is 6.54 Å². The van der Waals surface area contributed by atoms with Crippen LogP contribution < -0.4 is 5.32 Å². The minimum atomic E-state index is 0.919. The van der Waals surface area contributed by atoms with Crippen molar-refractivity contribution < 1.29 is 0 Å². The third-order valence-corrected chi connectivity index (χ3v) is 3.23. The second-order valence-electron chi connectivity index (χ2n) is 5.16. The van der Waals surface area contributed by atoms with Crippen LogP contribution in [0.4, 0.5) is 5.95 Å². The lowest BCUT2D eigenvalue weighted by molar-refractivity contribution is 0.424. The van der Waals surface area contributed by atoms with E-state index in [0.717, 1.165) is 31.1 Å². The molecule has 19 heavy (non-hydrogen) atoms. The van der Waals surface area contributed by atoms with Crippen molar-refractivity contribution in [2.45, 2.75) is 26.3 Å². The lowest BCUT2D eigenvalue weighted by atomic mass is 10.3. The van der Waals surface area contributed by atoms with E-state index in [2.05, 4.69) is 54.0 Å². The molecule has 1 aromatic carbocycles. The number of hydrogen-bond acceptors (Lipinski definition) is 3. The van der Waals surface area contributed by atoms with Crippen LogP contribution in [-0.4, -0.2) is 41.6 Å². The summed E-state index contributed by atoms with van der Waals surface area (Å²) in [6, 6.07) is 8.35. The zero-order valence-corrected chi connectivity index (χ0v) is 12.2. The summed E-state index contributed by atoms with van der Waals surface area (Å²) < 4.78 is 2.30. The number of unbranched alkanes of at least 4 members (excludes halogenated alkanes) is 1. The Kier molecular flexibility index (Phi) is 4.80. The van der Waals surface area contributed by atoms with Crippen molar-refractivity contribution in [2.75, 3.05) is 32.5 Å². The zero-order valence-electron chi connectivity index (χ0n) is 12.2. The number of likely N-dealkylation sites (N-methyl/N-ethyl adjacent to an activating group) is 1. The van der Waals surface area contributed by atoms with Gasteiger partial charge in [-0.1, -0.05) is 25.5 Å². The summed E-state index contributed by atoms with van der Waals surface area (Å²) in [6.07, 6.45) is 2.38. The molecule has 0 fully saturated rings. The number of benzene rings is 1. The number of anilines is 1.